The van der Waals surface area contributed by atoms with Gasteiger partial charge in [0.25, 0.3) is 0 Å². The zero-order valence-corrected chi connectivity index (χ0v) is 8.46. The normalized spacial score (nSPS) is 9.86. The fourth-order valence-electron chi connectivity index (χ4n) is 1.03. The Hall–Kier alpha value is -1.52. The second-order valence-electron chi connectivity index (χ2n) is 2.81. The number of H-pyrrole nitrogens is 1. The highest BCUT2D eigenvalue weighted by Gasteiger charge is 2.13. The van der Waals surface area contributed by atoms with Crippen molar-refractivity contribution in [3.05, 3.63) is 11.8 Å². The predicted octanol–water partition coefficient (Wildman–Crippen LogP) is 1.41. The van der Waals surface area contributed by atoms with Crippen LogP contribution in [-0.4, -0.2) is 29.3 Å². The van der Waals surface area contributed by atoms with Gasteiger partial charge >= 0.3 is 5.97 Å². The summed E-state index contributed by atoms with van der Waals surface area (Å²) < 4.78 is 4.87. The molecule has 1 rings (SSSR count). The van der Waals surface area contributed by atoms with Gasteiger partial charge in [0.1, 0.15) is 11.4 Å². The third kappa shape index (κ3) is 2.48. The quantitative estimate of drug-likeness (QED) is 0.700. The lowest BCUT2D eigenvalue weighted by atomic mass is 10.3. The molecule has 78 valence electrons. The monoisotopic (exact) mass is 197 g/mol. The predicted molar refractivity (Wildman–Crippen MR) is 53.3 cm³/mol. The second-order valence-corrected chi connectivity index (χ2v) is 2.81. The summed E-state index contributed by atoms with van der Waals surface area (Å²) in [7, 11) is 0. The van der Waals surface area contributed by atoms with Gasteiger partial charge in [0, 0.05) is 6.54 Å². The first-order valence-electron chi connectivity index (χ1n) is 4.74. The first-order chi connectivity index (χ1) is 6.79. The molecular weight excluding hydrogens is 182 g/mol. The van der Waals surface area contributed by atoms with Crippen LogP contribution in [-0.2, 0) is 4.74 Å². The van der Waals surface area contributed by atoms with E-state index < -0.39 is 0 Å². The summed E-state index contributed by atoms with van der Waals surface area (Å²) in [6, 6.07) is 0. The van der Waals surface area contributed by atoms with Crippen LogP contribution in [0.25, 0.3) is 0 Å². The minimum Gasteiger partial charge on any atom is -0.462 e. The number of ether oxygens (including phenoxy) is 1. The van der Waals surface area contributed by atoms with E-state index in [2.05, 4.69) is 15.5 Å². The van der Waals surface area contributed by atoms with E-state index in [0.717, 1.165) is 13.0 Å². The molecule has 0 atom stereocenters. The van der Waals surface area contributed by atoms with Crippen LogP contribution in [0.15, 0.2) is 6.20 Å². The number of aromatic amines is 1. The molecule has 14 heavy (non-hydrogen) atoms. The second kappa shape index (κ2) is 5.26. The smallest absolute Gasteiger partial charge is 0.343 e. The third-order valence-corrected chi connectivity index (χ3v) is 1.69. The molecule has 0 fully saturated rings. The number of carbonyl (C=O) groups excluding carboxylic acids is 1. The van der Waals surface area contributed by atoms with E-state index in [9.17, 15) is 4.79 Å². The average molecular weight is 197 g/mol. The van der Waals surface area contributed by atoms with Crippen LogP contribution in [0.3, 0.4) is 0 Å². The van der Waals surface area contributed by atoms with Crippen LogP contribution in [0, 0.1) is 0 Å². The van der Waals surface area contributed by atoms with Gasteiger partial charge in [0.05, 0.1) is 12.8 Å². The van der Waals surface area contributed by atoms with Crippen molar-refractivity contribution in [2.45, 2.75) is 20.3 Å². The lowest BCUT2D eigenvalue weighted by Gasteiger charge is -2.04. The van der Waals surface area contributed by atoms with E-state index in [1.54, 1.807) is 6.92 Å². The summed E-state index contributed by atoms with van der Waals surface area (Å²) in [5.74, 6) is 0.283. The molecule has 1 heterocycles. The van der Waals surface area contributed by atoms with Crippen LogP contribution >= 0.6 is 0 Å². The summed E-state index contributed by atoms with van der Waals surface area (Å²) in [6.45, 7) is 5.00. The maximum absolute atomic E-state index is 11.4. The van der Waals surface area contributed by atoms with Crippen LogP contribution in [0.2, 0.25) is 0 Å². The van der Waals surface area contributed by atoms with Crippen molar-refractivity contribution in [2.24, 2.45) is 0 Å². The van der Waals surface area contributed by atoms with Crippen molar-refractivity contribution in [3.63, 3.8) is 0 Å². The van der Waals surface area contributed by atoms with Crippen molar-refractivity contribution >= 4 is 11.8 Å². The van der Waals surface area contributed by atoms with Gasteiger partial charge in [0.2, 0.25) is 0 Å². The van der Waals surface area contributed by atoms with E-state index in [0.29, 0.717) is 18.0 Å². The molecule has 5 heteroatoms. The minimum atomic E-state index is -0.347. The van der Waals surface area contributed by atoms with E-state index >= 15 is 0 Å². The number of rotatable bonds is 5. The zero-order valence-electron chi connectivity index (χ0n) is 8.46. The van der Waals surface area contributed by atoms with Crippen molar-refractivity contribution < 1.29 is 9.53 Å². The Morgan fingerprint density at radius 2 is 2.43 bits per heavy atom. The standard InChI is InChI=1S/C9H15N3O2/c1-3-5-10-8-7(6-11-12-8)9(13)14-4-2/h6H,3-5H2,1-2H3,(H2,10,11,12). The number of nitrogens with one attached hydrogen (secondary N) is 2. The largest absolute Gasteiger partial charge is 0.462 e. The van der Waals surface area contributed by atoms with Crippen LogP contribution in [0.4, 0.5) is 5.82 Å². The van der Waals surface area contributed by atoms with E-state index in [1.807, 2.05) is 6.92 Å². The fraction of sp³-hybridized carbons (Fsp3) is 0.556. The molecular formula is C9H15N3O2. The van der Waals surface area contributed by atoms with Crippen molar-refractivity contribution in [2.75, 3.05) is 18.5 Å². The fourth-order valence-corrected chi connectivity index (χ4v) is 1.03. The molecule has 0 spiro atoms. The van der Waals surface area contributed by atoms with Gasteiger partial charge in [-0.15, -0.1) is 0 Å². The van der Waals surface area contributed by atoms with Crippen LogP contribution in [0.5, 0.6) is 0 Å². The Labute approximate surface area is 82.8 Å². The number of esters is 1. The van der Waals surface area contributed by atoms with Gasteiger partial charge in [-0.05, 0) is 13.3 Å². The molecule has 0 bridgehead atoms. The van der Waals surface area contributed by atoms with Gasteiger partial charge < -0.3 is 10.1 Å². The summed E-state index contributed by atoms with van der Waals surface area (Å²) in [6.07, 6.45) is 2.46. The van der Waals surface area contributed by atoms with Gasteiger partial charge in [-0.2, -0.15) is 5.10 Å². The number of anilines is 1. The number of hydrogen-bond donors (Lipinski definition) is 2. The van der Waals surface area contributed by atoms with Gasteiger partial charge in [0.15, 0.2) is 0 Å². The molecule has 0 saturated heterocycles. The van der Waals surface area contributed by atoms with Crippen molar-refractivity contribution in [3.8, 4) is 0 Å². The minimum absolute atomic E-state index is 0.347. The molecule has 0 aromatic carbocycles. The molecule has 0 unspecified atom stereocenters. The van der Waals surface area contributed by atoms with E-state index in [4.69, 9.17) is 4.74 Å². The molecule has 0 aliphatic rings. The van der Waals surface area contributed by atoms with Gasteiger partial charge in [-0.25, -0.2) is 4.79 Å². The molecule has 0 radical (unpaired) electrons. The Morgan fingerprint density at radius 3 is 3.07 bits per heavy atom. The highest BCUT2D eigenvalue weighted by Crippen LogP contribution is 2.11. The molecule has 1 aromatic rings. The van der Waals surface area contributed by atoms with E-state index in [-0.39, 0.29) is 5.97 Å². The number of carbonyl (C=O) groups is 1. The van der Waals surface area contributed by atoms with E-state index in [1.165, 1.54) is 6.20 Å². The molecule has 0 aliphatic carbocycles. The van der Waals surface area contributed by atoms with Crippen LogP contribution < -0.4 is 5.32 Å². The van der Waals surface area contributed by atoms with Crippen molar-refractivity contribution in [1.82, 2.24) is 10.2 Å². The number of hydrogen-bond acceptors (Lipinski definition) is 4. The Morgan fingerprint density at radius 1 is 1.64 bits per heavy atom. The molecule has 1 aromatic heterocycles. The van der Waals surface area contributed by atoms with Gasteiger partial charge in [-0.3, -0.25) is 5.10 Å². The summed E-state index contributed by atoms with van der Waals surface area (Å²) in [5, 5.41) is 9.57. The number of aromatic nitrogens is 2. The third-order valence-electron chi connectivity index (χ3n) is 1.69. The van der Waals surface area contributed by atoms with Crippen LogP contribution in [0.1, 0.15) is 30.6 Å². The van der Waals surface area contributed by atoms with Gasteiger partial charge in [-0.1, -0.05) is 6.92 Å². The summed E-state index contributed by atoms with van der Waals surface area (Å²) >= 11 is 0. The molecule has 0 aliphatic heterocycles. The highest BCUT2D eigenvalue weighted by molar-refractivity contribution is 5.94. The maximum Gasteiger partial charge on any atom is 0.343 e. The lowest BCUT2D eigenvalue weighted by Crippen LogP contribution is -2.09. The maximum atomic E-state index is 11.4. The summed E-state index contributed by atoms with van der Waals surface area (Å²) in [5.41, 5.74) is 0.459. The number of nitrogens with zero attached hydrogens (tertiary/aromatic N) is 1. The highest BCUT2D eigenvalue weighted by atomic mass is 16.5. The first kappa shape index (κ1) is 10.6. The molecule has 2 N–H and O–H groups in total. The Kier molecular flexibility index (Phi) is 3.97. The van der Waals surface area contributed by atoms with Crippen molar-refractivity contribution in [1.29, 1.82) is 0 Å². The Bertz CT molecular complexity index is 296. The molecule has 0 saturated carbocycles. The zero-order chi connectivity index (χ0) is 10.4. The summed E-state index contributed by atoms with van der Waals surface area (Å²) in [4.78, 5) is 11.4. The molecule has 5 nitrogen and oxygen atoms in total. The SMILES string of the molecule is CCCNc1[nH]ncc1C(=O)OCC. The Balaban J connectivity index is 2.66. The lowest BCUT2D eigenvalue weighted by molar-refractivity contribution is 0.0527. The topological polar surface area (TPSA) is 67.0 Å². The first-order valence-corrected chi connectivity index (χ1v) is 4.74. The molecule has 0 amide bonds. The average Bonchev–Trinajstić information content (AvgIpc) is 2.63.